The molecule has 0 aliphatic heterocycles. The molecule has 0 aliphatic rings. The van der Waals surface area contributed by atoms with Crippen LogP contribution in [0.1, 0.15) is 0 Å². The molecule has 0 saturated heterocycles. The van der Waals surface area contributed by atoms with E-state index in [1.165, 1.54) is 108 Å². The van der Waals surface area contributed by atoms with Crippen LogP contribution in [0.15, 0.2) is 146 Å². The highest BCUT2D eigenvalue weighted by atomic mass is 14.2. The van der Waals surface area contributed by atoms with E-state index < -0.39 is 0 Å². The van der Waals surface area contributed by atoms with Gasteiger partial charge < -0.3 is 0 Å². The summed E-state index contributed by atoms with van der Waals surface area (Å²) >= 11 is 0. The van der Waals surface area contributed by atoms with E-state index in [2.05, 4.69) is 146 Å². The van der Waals surface area contributed by atoms with Crippen LogP contribution in [-0.2, 0) is 0 Å². The Morgan fingerprint density at radius 1 is 0.159 bits per heavy atom. The van der Waals surface area contributed by atoms with E-state index in [4.69, 9.17) is 0 Å². The first-order valence-electron chi connectivity index (χ1n) is 15.4. The molecule has 44 heavy (non-hydrogen) atoms. The maximum atomic E-state index is 2.27. The van der Waals surface area contributed by atoms with Gasteiger partial charge in [0.2, 0.25) is 0 Å². The molecule has 12 aromatic rings. The zero-order chi connectivity index (χ0) is 28.5. The fourth-order valence-electron chi connectivity index (χ4n) is 8.47. The Kier molecular flexibility index (Phi) is 4.15. The third kappa shape index (κ3) is 2.74. The summed E-state index contributed by atoms with van der Waals surface area (Å²) in [4.78, 5) is 0. The van der Waals surface area contributed by atoms with Gasteiger partial charge in [-0.1, -0.05) is 146 Å². The second-order valence-corrected chi connectivity index (χ2v) is 12.4. The summed E-state index contributed by atoms with van der Waals surface area (Å²) < 4.78 is 0. The Balaban J connectivity index is 0.000000110. The Morgan fingerprint density at radius 2 is 0.341 bits per heavy atom. The highest BCUT2D eigenvalue weighted by Gasteiger charge is 2.17. The summed E-state index contributed by atoms with van der Waals surface area (Å²) in [6.45, 7) is 0. The first kappa shape index (κ1) is 22.8. The maximum absolute atomic E-state index is 2.27. The molecule has 0 spiro atoms. The van der Waals surface area contributed by atoms with Gasteiger partial charge in [-0.2, -0.15) is 0 Å². The molecular formula is C44H24. The van der Waals surface area contributed by atoms with Gasteiger partial charge in [0.1, 0.15) is 0 Å². The summed E-state index contributed by atoms with van der Waals surface area (Å²) in [5, 5.41) is 27.6. The monoisotopic (exact) mass is 552 g/mol. The summed E-state index contributed by atoms with van der Waals surface area (Å²) in [7, 11) is 0. The van der Waals surface area contributed by atoms with Crippen molar-refractivity contribution in [1.29, 1.82) is 0 Å². The molecule has 0 amide bonds. The van der Waals surface area contributed by atoms with Crippen molar-refractivity contribution >= 4 is 108 Å². The molecule has 0 fully saturated rings. The van der Waals surface area contributed by atoms with Crippen LogP contribution in [-0.4, -0.2) is 0 Å². The first-order chi connectivity index (χ1) is 21.8. The maximum Gasteiger partial charge on any atom is -0.00141 e. The molecule has 0 radical (unpaired) electrons. The van der Waals surface area contributed by atoms with Crippen LogP contribution in [0, 0.1) is 0 Å². The fraction of sp³-hybridized carbons (Fsp3) is 0. The minimum absolute atomic E-state index is 1.34. The SMILES string of the molecule is c1cc2ccc3ccc4ccc5cccc6c(c1)c2c3c4c56.c1cc2ccc3ccc4ccc5cccc6c(c1)c2c3c4c56. The number of rotatable bonds is 0. The second kappa shape index (κ2) is 8.01. The molecule has 0 saturated carbocycles. The number of hydrogen-bond acceptors (Lipinski definition) is 0. The molecule has 0 aliphatic carbocycles. The molecule has 12 aromatic carbocycles. The summed E-state index contributed by atoms with van der Waals surface area (Å²) in [5.74, 6) is 0. The number of fused-ring (bicyclic) bond motifs is 2. The van der Waals surface area contributed by atoms with Crippen molar-refractivity contribution in [3.8, 4) is 0 Å². The van der Waals surface area contributed by atoms with E-state index in [1.54, 1.807) is 0 Å². The molecule has 12 rings (SSSR count). The zero-order valence-corrected chi connectivity index (χ0v) is 23.9. The normalized spacial score (nSPS) is 12.5. The molecule has 0 N–H and O–H groups in total. The van der Waals surface area contributed by atoms with Gasteiger partial charge in [-0.25, -0.2) is 0 Å². The van der Waals surface area contributed by atoms with Crippen LogP contribution in [0.5, 0.6) is 0 Å². The van der Waals surface area contributed by atoms with Crippen molar-refractivity contribution in [2.75, 3.05) is 0 Å². The van der Waals surface area contributed by atoms with Crippen molar-refractivity contribution in [2.24, 2.45) is 0 Å². The minimum atomic E-state index is 1.34. The van der Waals surface area contributed by atoms with Crippen molar-refractivity contribution in [3.05, 3.63) is 146 Å². The summed E-state index contributed by atoms with van der Waals surface area (Å²) in [5.41, 5.74) is 0. The van der Waals surface area contributed by atoms with Crippen LogP contribution in [0.3, 0.4) is 0 Å². The van der Waals surface area contributed by atoms with Gasteiger partial charge in [-0.15, -0.1) is 0 Å². The van der Waals surface area contributed by atoms with Crippen LogP contribution >= 0.6 is 0 Å². The quantitative estimate of drug-likeness (QED) is 0.130. The molecule has 200 valence electrons. The smallest absolute Gasteiger partial charge is 0.00141 e. The topological polar surface area (TPSA) is 0 Å². The standard InChI is InChI=1S/2C22H12/c2*1-3-13-7-9-15-11-12-16-10-8-14-4-2-6-18-17(5-1)19(13)21(15)22(16)20(14)18/h2*1-12H. The van der Waals surface area contributed by atoms with Gasteiger partial charge in [0.15, 0.2) is 0 Å². The van der Waals surface area contributed by atoms with Gasteiger partial charge in [0, 0.05) is 0 Å². The van der Waals surface area contributed by atoms with Crippen molar-refractivity contribution in [2.45, 2.75) is 0 Å². The van der Waals surface area contributed by atoms with Gasteiger partial charge in [-0.3, -0.25) is 0 Å². The number of hydrogen-bond donors (Lipinski definition) is 0. The van der Waals surface area contributed by atoms with Crippen LogP contribution in [0.4, 0.5) is 0 Å². The van der Waals surface area contributed by atoms with Crippen molar-refractivity contribution < 1.29 is 0 Å². The van der Waals surface area contributed by atoms with E-state index >= 15 is 0 Å². The number of benzene rings is 12. The lowest BCUT2D eigenvalue weighted by atomic mass is 9.86. The first-order valence-corrected chi connectivity index (χ1v) is 15.4. The Labute approximate surface area is 252 Å². The van der Waals surface area contributed by atoms with E-state index in [0.29, 0.717) is 0 Å². The van der Waals surface area contributed by atoms with Gasteiger partial charge >= 0.3 is 0 Å². The van der Waals surface area contributed by atoms with Crippen LogP contribution in [0.2, 0.25) is 0 Å². The second-order valence-electron chi connectivity index (χ2n) is 12.4. The third-order valence-electron chi connectivity index (χ3n) is 10.3. The largest absolute Gasteiger partial charge is 0.0610 e. The van der Waals surface area contributed by atoms with Crippen molar-refractivity contribution in [1.82, 2.24) is 0 Å². The Bertz CT molecular complexity index is 2600. The molecule has 0 heterocycles. The average Bonchev–Trinajstić information content (AvgIpc) is 3.09. The van der Waals surface area contributed by atoms with Crippen molar-refractivity contribution in [3.63, 3.8) is 0 Å². The van der Waals surface area contributed by atoms with Crippen LogP contribution < -0.4 is 0 Å². The molecule has 0 bridgehead atoms. The van der Waals surface area contributed by atoms with Gasteiger partial charge in [0.05, 0.1) is 0 Å². The fourth-order valence-corrected chi connectivity index (χ4v) is 8.47. The highest BCUT2D eigenvalue weighted by molar-refractivity contribution is 6.41. The lowest BCUT2D eigenvalue weighted by Gasteiger charge is -2.17. The van der Waals surface area contributed by atoms with E-state index in [0.717, 1.165) is 0 Å². The minimum Gasteiger partial charge on any atom is -0.0610 e. The van der Waals surface area contributed by atoms with Gasteiger partial charge in [-0.05, 0) is 108 Å². The summed E-state index contributed by atoms with van der Waals surface area (Å²) in [6.07, 6.45) is 0. The zero-order valence-electron chi connectivity index (χ0n) is 23.9. The Morgan fingerprint density at radius 3 is 0.545 bits per heavy atom. The molecule has 0 nitrogen and oxygen atoms in total. The van der Waals surface area contributed by atoms with Crippen LogP contribution in [0.25, 0.3) is 108 Å². The predicted molar refractivity (Wildman–Crippen MR) is 193 cm³/mol. The molecule has 0 unspecified atom stereocenters. The molecular weight excluding hydrogens is 528 g/mol. The average molecular weight is 553 g/mol. The Hall–Kier alpha value is -5.72. The lowest BCUT2D eigenvalue weighted by Crippen LogP contribution is -1.89. The van der Waals surface area contributed by atoms with E-state index in [-0.39, 0.29) is 0 Å². The van der Waals surface area contributed by atoms with E-state index in [1.807, 2.05) is 0 Å². The molecule has 0 aromatic heterocycles. The summed E-state index contributed by atoms with van der Waals surface area (Å²) in [6, 6.07) is 53.8. The van der Waals surface area contributed by atoms with Gasteiger partial charge in [0.25, 0.3) is 0 Å². The van der Waals surface area contributed by atoms with E-state index in [9.17, 15) is 0 Å². The molecule has 0 heteroatoms. The third-order valence-corrected chi connectivity index (χ3v) is 10.3. The lowest BCUT2D eigenvalue weighted by molar-refractivity contribution is 1.79. The molecule has 0 atom stereocenters. The predicted octanol–water partition coefficient (Wildman–Crippen LogP) is 12.7. The highest BCUT2D eigenvalue weighted by Crippen LogP contribution is 2.46.